The van der Waals surface area contributed by atoms with Crippen LogP contribution in [0, 0.1) is 0 Å². The Morgan fingerprint density at radius 1 is 1.30 bits per heavy atom. The molecule has 0 spiro atoms. The van der Waals surface area contributed by atoms with E-state index in [0.717, 1.165) is 6.42 Å². The number of anilines is 2. The van der Waals surface area contributed by atoms with Crippen LogP contribution in [0.1, 0.15) is 39.5 Å². The van der Waals surface area contributed by atoms with E-state index in [1.807, 2.05) is 0 Å². The summed E-state index contributed by atoms with van der Waals surface area (Å²) in [6.45, 7) is 4.31. The summed E-state index contributed by atoms with van der Waals surface area (Å²) < 4.78 is 1.56. The number of nitrogen functional groups attached to an aromatic ring is 1. The first-order valence-electron chi connectivity index (χ1n) is 6.97. The largest absolute Gasteiger partial charge is 0.368 e. The van der Waals surface area contributed by atoms with Gasteiger partial charge in [0.1, 0.15) is 0 Å². The molecule has 2 aromatic heterocycles. The SMILES string of the molecule is CCCCCC(C)Nc1nc(N)nc(-n2cccn2)n1. The van der Waals surface area contributed by atoms with E-state index in [1.54, 1.807) is 23.1 Å². The van der Waals surface area contributed by atoms with Gasteiger partial charge in [-0.2, -0.15) is 20.1 Å². The molecule has 3 N–H and O–H groups in total. The lowest BCUT2D eigenvalue weighted by atomic mass is 10.1. The highest BCUT2D eigenvalue weighted by Gasteiger charge is 2.09. The predicted molar refractivity (Wildman–Crippen MR) is 78.6 cm³/mol. The van der Waals surface area contributed by atoms with Crippen molar-refractivity contribution in [3.63, 3.8) is 0 Å². The van der Waals surface area contributed by atoms with Crippen LogP contribution in [0.5, 0.6) is 0 Å². The van der Waals surface area contributed by atoms with Crippen molar-refractivity contribution in [2.24, 2.45) is 0 Å². The van der Waals surface area contributed by atoms with Crippen molar-refractivity contribution in [2.45, 2.75) is 45.6 Å². The van der Waals surface area contributed by atoms with Crippen LogP contribution in [-0.4, -0.2) is 30.8 Å². The summed E-state index contributed by atoms with van der Waals surface area (Å²) in [4.78, 5) is 12.5. The highest BCUT2D eigenvalue weighted by Crippen LogP contribution is 2.10. The third kappa shape index (κ3) is 3.91. The Bertz CT molecular complexity index is 524. The highest BCUT2D eigenvalue weighted by molar-refractivity contribution is 5.35. The number of hydrogen-bond donors (Lipinski definition) is 2. The Kier molecular flexibility index (Phi) is 4.86. The van der Waals surface area contributed by atoms with Crippen LogP contribution >= 0.6 is 0 Å². The van der Waals surface area contributed by atoms with Crippen molar-refractivity contribution in [1.82, 2.24) is 24.7 Å². The maximum Gasteiger partial charge on any atom is 0.257 e. The molecular formula is C13H21N7. The summed E-state index contributed by atoms with van der Waals surface area (Å²) in [5.41, 5.74) is 5.72. The second-order valence-corrected chi connectivity index (χ2v) is 4.81. The molecule has 1 unspecified atom stereocenters. The van der Waals surface area contributed by atoms with Gasteiger partial charge in [0.2, 0.25) is 11.9 Å². The summed E-state index contributed by atoms with van der Waals surface area (Å²) in [5, 5.41) is 7.35. The average Bonchev–Trinajstić information content (AvgIpc) is 2.92. The van der Waals surface area contributed by atoms with Gasteiger partial charge < -0.3 is 11.1 Å². The smallest absolute Gasteiger partial charge is 0.257 e. The van der Waals surface area contributed by atoms with E-state index in [9.17, 15) is 0 Å². The topological polar surface area (TPSA) is 94.5 Å². The van der Waals surface area contributed by atoms with E-state index in [-0.39, 0.29) is 5.95 Å². The van der Waals surface area contributed by atoms with Crippen LogP contribution in [0.4, 0.5) is 11.9 Å². The molecule has 0 aliphatic carbocycles. The first kappa shape index (κ1) is 14.2. The van der Waals surface area contributed by atoms with Gasteiger partial charge in [0.25, 0.3) is 5.95 Å². The molecule has 20 heavy (non-hydrogen) atoms. The molecule has 0 saturated heterocycles. The molecule has 0 radical (unpaired) electrons. The number of nitrogens with one attached hydrogen (secondary N) is 1. The van der Waals surface area contributed by atoms with E-state index in [1.165, 1.54) is 19.3 Å². The lowest BCUT2D eigenvalue weighted by Crippen LogP contribution is -2.19. The third-order valence-corrected chi connectivity index (χ3v) is 2.97. The van der Waals surface area contributed by atoms with E-state index >= 15 is 0 Å². The van der Waals surface area contributed by atoms with Crippen molar-refractivity contribution in [3.05, 3.63) is 18.5 Å². The Balaban J connectivity index is 2.05. The zero-order valence-corrected chi connectivity index (χ0v) is 12.0. The summed E-state index contributed by atoms with van der Waals surface area (Å²) in [6.07, 6.45) is 8.16. The van der Waals surface area contributed by atoms with Crippen molar-refractivity contribution in [2.75, 3.05) is 11.1 Å². The van der Waals surface area contributed by atoms with Gasteiger partial charge in [0.15, 0.2) is 0 Å². The molecule has 7 nitrogen and oxygen atoms in total. The van der Waals surface area contributed by atoms with Crippen molar-refractivity contribution in [1.29, 1.82) is 0 Å². The number of rotatable bonds is 7. The quantitative estimate of drug-likeness (QED) is 0.751. The van der Waals surface area contributed by atoms with Gasteiger partial charge in [-0.05, 0) is 19.4 Å². The van der Waals surface area contributed by atoms with E-state index < -0.39 is 0 Å². The molecule has 2 aromatic rings. The molecule has 2 rings (SSSR count). The maximum atomic E-state index is 5.72. The Morgan fingerprint density at radius 2 is 2.15 bits per heavy atom. The lowest BCUT2D eigenvalue weighted by molar-refractivity contribution is 0.611. The number of nitrogens with two attached hydrogens (primary N) is 1. The molecule has 2 heterocycles. The maximum absolute atomic E-state index is 5.72. The number of unbranched alkanes of at least 4 members (excludes halogenated alkanes) is 2. The van der Waals surface area contributed by atoms with Crippen LogP contribution in [0.2, 0.25) is 0 Å². The van der Waals surface area contributed by atoms with Crippen molar-refractivity contribution >= 4 is 11.9 Å². The fourth-order valence-corrected chi connectivity index (χ4v) is 1.93. The van der Waals surface area contributed by atoms with Gasteiger partial charge in [-0.1, -0.05) is 26.2 Å². The molecule has 0 aromatic carbocycles. The summed E-state index contributed by atoms with van der Waals surface area (Å²) >= 11 is 0. The molecule has 0 aliphatic rings. The fraction of sp³-hybridized carbons (Fsp3) is 0.538. The molecule has 1 atom stereocenters. The molecule has 0 saturated carbocycles. The summed E-state index contributed by atoms with van der Waals surface area (Å²) in [6, 6.07) is 2.11. The van der Waals surface area contributed by atoms with E-state index in [0.29, 0.717) is 17.9 Å². The van der Waals surface area contributed by atoms with Crippen LogP contribution < -0.4 is 11.1 Å². The van der Waals surface area contributed by atoms with Gasteiger partial charge >= 0.3 is 0 Å². The van der Waals surface area contributed by atoms with E-state index in [2.05, 4.69) is 39.2 Å². The van der Waals surface area contributed by atoms with Gasteiger partial charge in [-0.15, -0.1) is 0 Å². The molecule has 0 amide bonds. The molecule has 0 bridgehead atoms. The van der Waals surface area contributed by atoms with Crippen LogP contribution in [0.3, 0.4) is 0 Å². The fourth-order valence-electron chi connectivity index (χ4n) is 1.93. The zero-order chi connectivity index (χ0) is 14.4. The summed E-state index contributed by atoms with van der Waals surface area (Å²) in [7, 11) is 0. The Morgan fingerprint density at radius 3 is 2.85 bits per heavy atom. The molecule has 108 valence electrons. The molecular weight excluding hydrogens is 254 g/mol. The van der Waals surface area contributed by atoms with Gasteiger partial charge in [-0.3, -0.25) is 0 Å². The second kappa shape index (κ2) is 6.83. The van der Waals surface area contributed by atoms with Crippen LogP contribution in [0.15, 0.2) is 18.5 Å². The van der Waals surface area contributed by atoms with E-state index in [4.69, 9.17) is 5.73 Å². The average molecular weight is 275 g/mol. The number of nitrogens with zero attached hydrogens (tertiary/aromatic N) is 5. The first-order valence-corrected chi connectivity index (χ1v) is 6.97. The Hall–Kier alpha value is -2.18. The molecule has 7 heteroatoms. The predicted octanol–water partition coefficient (Wildman–Crippen LogP) is 2.02. The second-order valence-electron chi connectivity index (χ2n) is 4.81. The molecule has 0 fully saturated rings. The minimum absolute atomic E-state index is 0.189. The third-order valence-electron chi connectivity index (χ3n) is 2.97. The Labute approximate surface area is 118 Å². The zero-order valence-electron chi connectivity index (χ0n) is 12.0. The minimum atomic E-state index is 0.189. The first-order chi connectivity index (χ1) is 9.69. The van der Waals surface area contributed by atoms with Gasteiger partial charge in [-0.25, -0.2) is 4.68 Å². The monoisotopic (exact) mass is 275 g/mol. The normalized spacial score (nSPS) is 12.3. The highest BCUT2D eigenvalue weighted by atomic mass is 15.4. The minimum Gasteiger partial charge on any atom is -0.368 e. The summed E-state index contributed by atoms with van der Waals surface area (Å²) in [5.74, 6) is 1.10. The van der Waals surface area contributed by atoms with Crippen LogP contribution in [-0.2, 0) is 0 Å². The van der Waals surface area contributed by atoms with Crippen LogP contribution in [0.25, 0.3) is 5.95 Å². The molecule has 0 aliphatic heterocycles. The number of hydrogen-bond acceptors (Lipinski definition) is 6. The number of aromatic nitrogens is 5. The lowest BCUT2D eigenvalue weighted by Gasteiger charge is -2.14. The van der Waals surface area contributed by atoms with Crippen molar-refractivity contribution in [3.8, 4) is 5.95 Å². The standard InChI is InChI=1S/C13H21N7/c1-3-4-5-7-10(2)16-12-17-11(14)18-13(19-12)20-9-6-8-15-20/h6,8-10H,3-5,7H2,1-2H3,(H3,14,16,17,18,19). The van der Waals surface area contributed by atoms with Crippen molar-refractivity contribution < 1.29 is 0 Å². The van der Waals surface area contributed by atoms with Gasteiger partial charge in [0.05, 0.1) is 0 Å². The van der Waals surface area contributed by atoms with Gasteiger partial charge in [0, 0.05) is 18.4 Å².